The molecule has 0 spiro atoms. The number of halogens is 1. The van der Waals surface area contributed by atoms with Gasteiger partial charge in [0.25, 0.3) is 0 Å². The minimum atomic E-state index is -0.636. The summed E-state index contributed by atoms with van der Waals surface area (Å²) < 4.78 is 5.82. The van der Waals surface area contributed by atoms with Crippen LogP contribution in [-0.4, -0.2) is 36.3 Å². The number of ether oxygens (including phenoxy) is 1. The number of aliphatic hydroxyl groups excluding tert-OH is 1. The highest BCUT2D eigenvalue weighted by atomic mass is 35.5. The molecule has 4 fully saturated rings. The number of carbonyl (C=O) groups is 1. The number of hydrogen-bond donors (Lipinski definition) is 3. The van der Waals surface area contributed by atoms with E-state index >= 15 is 0 Å². The van der Waals surface area contributed by atoms with Crippen LogP contribution in [0.1, 0.15) is 97.0 Å². The summed E-state index contributed by atoms with van der Waals surface area (Å²) in [7, 11) is 0. The molecule has 4 saturated carbocycles. The van der Waals surface area contributed by atoms with Gasteiger partial charge in [-0.25, -0.2) is 0 Å². The SMILES string of the molecule is C[C@H](CCCO)[C@H]1CC[C@H]2[C@@H]3CC[C@@H]4CCCC(NC(=O)[C@@H](N)COCc5ccccc5)[C@]4(C)[C@H]3CC[C@]12C.Cl. The fourth-order valence-electron chi connectivity index (χ4n) is 10.4. The summed E-state index contributed by atoms with van der Waals surface area (Å²) in [6.07, 6.45) is 13.7. The Balaban J connectivity index is 0.00000370. The third-order valence-corrected chi connectivity index (χ3v) is 12.4. The molecule has 4 aliphatic rings. The number of benzene rings is 1. The molecule has 4 aliphatic carbocycles. The van der Waals surface area contributed by atoms with Gasteiger partial charge in [0, 0.05) is 12.6 Å². The van der Waals surface area contributed by atoms with Crippen LogP contribution in [0.4, 0.5) is 0 Å². The highest BCUT2D eigenvalue weighted by Gasteiger charge is 2.62. The Kier molecular flexibility index (Phi) is 10.7. The van der Waals surface area contributed by atoms with Crippen molar-refractivity contribution < 1.29 is 14.6 Å². The average Bonchev–Trinajstić information content (AvgIpc) is 3.30. The van der Waals surface area contributed by atoms with Crippen molar-refractivity contribution in [2.45, 2.75) is 110 Å². The minimum Gasteiger partial charge on any atom is -0.396 e. The summed E-state index contributed by atoms with van der Waals surface area (Å²) >= 11 is 0. The van der Waals surface area contributed by atoms with E-state index in [0.717, 1.165) is 42.6 Å². The predicted octanol–water partition coefficient (Wildman–Crippen LogP) is 6.50. The highest BCUT2D eigenvalue weighted by molar-refractivity contribution is 5.85. The first-order valence-electron chi connectivity index (χ1n) is 16.1. The van der Waals surface area contributed by atoms with E-state index in [4.69, 9.17) is 10.5 Å². The standard InChI is InChI=1S/C34H54N2O3.ClH/c1-23(9-8-20-37)27-16-17-28-26-15-14-25-12-7-13-31(34(25,3)29(26)18-19-33(27,28)2)36-32(38)30(35)22-39-21-24-10-5-4-6-11-24;/h4-6,10-11,23,25-31,37H,7-9,12-22,35H2,1-3H3,(H,36,38);1H/t23-,25+,26+,27-,28+,29+,30+,31?,33-,34+;/m1./s1. The third-order valence-electron chi connectivity index (χ3n) is 12.4. The van der Waals surface area contributed by atoms with Gasteiger partial charge >= 0.3 is 0 Å². The zero-order valence-corrected chi connectivity index (χ0v) is 26.0. The molecule has 5 nitrogen and oxygen atoms in total. The van der Waals surface area contributed by atoms with Crippen LogP contribution in [0.25, 0.3) is 0 Å². The quantitative estimate of drug-likeness (QED) is 0.297. The first-order chi connectivity index (χ1) is 18.8. The maximum absolute atomic E-state index is 13.3. The molecule has 0 bridgehead atoms. The lowest BCUT2D eigenvalue weighted by atomic mass is 9.43. The molecular weight excluding hydrogens is 520 g/mol. The summed E-state index contributed by atoms with van der Waals surface area (Å²) in [5.74, 6) is 4.42. The largest absolute Gasteiger partial charge is 0.396 e. The molecule has 0 heterocycles. The Morgan fingerprint density at radius 1 is 1.07 bits per heavy atom. The van der Waals surface area contributed by atoms with E-state index in [9.17, 15) is 9.90 Å². The second kappa shape index (κ2) is 13.4. The van der Waals surface area contributed by atoms with Crippen LogP contribution in [0.15, 0.2) is 30.3 Å². The number of nitrogens with one attached hydrogen (secondary N) is 1. The lowest BCUT2D eigenvalue weighted by molar-refractivity contribution is -0.140. The summed E-state index contributed by atoms with van der Waals surface area (Å²) in [6, 6.07) is 9.64. The normalized spacial score (nSPS) is 38.2. The molecule has 5 rings (SSSR count). The zero-order chi connectivity index (χ0) is 27.6. The van der Waals surface area contributed by atoms with Gasteiger partial charge < -0.3 is 20.9 Å². The number of aliphatic hydroxyl groups is 1. The molecule has 10 atom stereocenters. The van der Waals surface area contributed by atoms with Gasteiger partial charge in [-0.2, -0.15) is 0 Å². The average molecular weight is 575 g/mol. The van der Waals surface area contributed by atoms with Crippen molar-refractivity contribution >= 4 is 18.3 Å². The maximum atomic E-state index is 13.3. The first-order valence-corrected chi connectivity index (χ1v) is 16.1. The van der Waals surface area contributed by atoms with E-state index in [1.54, 1.807) is 0 Å². The summed E-state index contributed by atoms with van der Waals surface area (Å²) in [4.78, 5) is 13.3. The molecule has 0 aliphatic heterocycles. The lowest BCUT2D eigenvalue weighted by Gasteiger charge is -2.63. The number of amides is 1. The minimum absolute atomic E-state index is 0. The van der Waals surface area contributed by atoms with Gasteiger partial charge in [0.15, 0.2) is 0 Å². The number of fused-ring (bicyclic) bond motifs is 5. The van der Waals surface area contributed by atoms with E-state index in [-0.39, 0.29) is 36.4 Å². The van der Waals surface area contributed by atoms with Crippen LogP contribution in [0, 0.1) is 46.3 Å². The van der Waals surface area contributed by atoms with E-state index in [2.05, 4.69) is 26.1 Å². The molecule has 4 N–H and O–H groups in total. The maximum Gasteiger partial charge on any atom is 0.239 e. The molecule has 6 heteroatoms. The number of hydrogen-bond acceptors (Lipinski definition) is 4. The van der Waals surface area contributed by atoms with Gasteiger partial charge in [-0.1, -0.05) is 57.5 Å². The van der Waals surface area contributed by atoms with Crippen LogP contribution in [-0.2, 0) is 16.1 Å². The monoisotopic (exact) mass is 574 g/mol. The Morgan fingerprint density at radius 3 is 2.60 bits per heavy atom. The fourth-order valence-corrected chi connectivity index (χ4v) is 10.4. The molecule has 1 aromatic rings. The van der Waals surface area contributed by atoms with Crippen molar-refractivity contribution in [3.05, 3.63) is 35.9 Å². The molecule has 0 aromatic heterocycles. The lowest BCUT2D eigenvalue weighted by Crippen LogP contribution is -2.63. The topological polar surface area (TPSA) is 84.6 Å². The molecule has 0 radical (unpaired) electrons. The molecule has 0 saturated heterocycles. The van der Waals surface area contributed by atoms with Crippen LogP contribution in [0.5, 0.6) is 0 Å². The Morgan fingerprint density at radius 2 is 1.85 bits per heavy atom. The molecule has 226 valence electrons. The Labute approximate surface area is 249 Å². The fraction of sp³-hybridized carbons (Fsp3) is 0.794. The highest BCUT2D eigenvalue weighted by Crippen LogP contribution is 2.68. The van der Waals surface area contributed by atoms with Crippen molar-refractivity contribution in [1.29, 1.82) is 0 Å². The second-order valence-electron chi connectivity index (χ2n) is 14.2. The smallest absolute Gasteiger partial charge is 0.239 e. The number of nitrogens with two attached hydrogens (primary N) is 1. The van der Waals surface area contributed by atoms with Crippen molar-refractivity contribution in [3.8, 4) is 0 Å². The Bertz CT molecular complexity index is 962. The molecular formula is C34H55ClN2O3. The van der Waals surface area contributed by atoms with E-state index in [1.165, 1.54) is 51.4 Å². The van der Waals surface area contributed by atoms with Crippen molar-refractivity contribution in [2.24, 2.45) is 52.1 Å². The predicted molar refractivity (Wildman–Crippen MR) is 164 cm³/mol. The molecule has 40 heavy (non-hydrogen) atoms. The van der Waals surface area contributed by atoms with Gasteiger partial charge in [0.05, 0.1) is 13.2 Å². The first kappa shape index (κ1) is 31.8. The number of carbonyl (C=O) groups excluding carboxylic acids is 1. The Hall–Kier alpha value is -1.14. The van der Waals surface area contributed by atoms with Crippen LogP contribution < -0.4 is 11.1 Å². The van der Waals surface area contributed by atoms with Crippen molar-refractivity contribution in [3.63, 3.8) is 0 Å². The van der Waals surface area contributed by atoms with Crippen molar-refractivity contribution in [1.82, 2.24) is 5.32 Å². The van der Waals surface area contributed by atoms with Crippen LogP contribution in [0.3, 0.4) is 0 Å². The van der Waals surface area contributed by atoms with Crippen molar-refractivity contribution in [2.75, 3.05) is 13.2 Å². The zero-order valence-electron chi connectivity index (χ0n) is 25.2. The third kappa shape index (κ3) is 6.00. The van der Waals surface area contributed by atoms with Crippen LogP contribution in [0.2, 0.25) is 0 Å². The van der Waals surface area contributed by atoms with Crippen LogP contribution >= 0.6 is 12.4 Å². The second-order valence-corrected chi connectivity index (χ2v) is 14.2. The number of rotatable bonds is 10. The van der Waals surface area contributed by atoms with E-state index in [0.29, 0.717) is 36.4 Å². The summed E-state index contributed by atoms with van der Waals surface area (Å²) in [5, 5.41) is 12.9. The van der Waals surface area contributed by atoms with Gasteiger partial charge in [-0.05, 0) is 116 Å². The van der Waals surface area contributed by atoms with Gasteiger partial charge in [0.1, 0.15) is 6.04 Å². The van der Waals surface area contributed by atoms with Gasteiger partial charge in [-0.15, -0.1) is 12.4 Å². The summed E-state index contributed by atoms with van der Waals surface area (Å²) in [5.41, 5.74) is 8.05. The summed E-state index contributed by atoms with van der Waals surface area (Å²) in [6.45, 7) is 8.64. The van der Waals surface area contributed by atoms with Gasteiger partial charge in [-0.3, -0.25) is 4.79 Å². The molecule has 1 unspecified atom stereocenters. The van der Waals surface area contributed by atoms with E-state index < -0.39 is 6.04 Å². The van der Waals surface area contributed by atoms with Gasteiger partial charge in [0.2, 0.25) is 5.91 Å². The molecule has 1 amide bonds. The molecule has 1 aromatic carbocycles. The van der Waals surface area contributed by atoms with E-state index in [1.807, 2.05) is 30.3 Å².